The maximum absolute atomic E-state index is 12.3. The summed E-state index contributed by atoms with van der Waals surface area (Å²) in [5.41, 5.74) is 2.36. The van der Waals surface area contributed by atoms with Crippen LogP contribution in [0.2, 0.25) is 0 Å². The Balaban J connectivity index is 1.68. The first kappa shape index (κ1) is 19.4. The Labute approximate surface area is 163 Å². The fourth-order valence-corrected chi connectivity index (χ4v) is 2.78. The average Bonchev–Trinajstić information content (AvgIpc) is 3.09. The predicted octanol–water partition coefficient (Wildman–Crippen LogP) is 3.66. The molecule has 0 atom stereocenters. The zero-order valence-electron chi connectivity index (χ0n) is 16.3. The average molecular weight is 381 g/mol. The Kier molecular flexibility index (Phi) is 5.35. The van der Waals surface area contributed by atoms with Crippen molar-refractivity contribution in [1.29, 1.82) is 0 Å². The third-order valence-corrected chi connectivity index (χ3v) is 4.34. The molecule has 1 aromatic heterocycles. The number of aromatic amines is 1. The van der Waals surface area contributed by atoms with Gasteiger partial charge in [0.05, 0.1) is 18.3 Å². The Morgan fingerprint density at radius 1 is 1.14 bits per heavy atom. The van der Waals surface area contributed by atoms with E-state index in [4.69, 9.17) is 9.47 Å². The number of nitrogens with one attached hydrogen (secondary N) is 2. The highest BCUT2D eigenvalue weighted by Crippen LogP contribution is 2.31. The van der Waals surface area contributed by atoms with Crippen molar-refractivity contribution in [3.63, 3.8) is 0 Å². The Bertz CT molecular complexity index is 1020. The van der Waals surface area contributed by atoms with Crippen LogP contribution < -0.4 is 10.1 Å². The number of H-pyrrole nitrogens is 1. The summed E-state index contributed by atoms with van der Waals surface area (Å²) >= 11 is 0. The van der Waals surface area contributed by atoms with Crippen molar-refractivity contribution in [2.45, 2.75) is 26.2 Å². The molecule has 3 rings (SSSR count). The molecule has 0 unspecified atom stereocenters. The summed E-state index contributed by atoms with van der Waals surface area (Å²) in [5, 5.41) is 10.1. The number of para-hydroxylation sites is 1. The fourth-order valence-electron chi connectivity index (χ4n) is 2.78. The molecule has 0 spiro atoms. The SMILES string of the molecule is COc1ccc(C(C)(C)C)cc1NC(=O)COC(=O)c1n[nH]c2ccccc12. The van der Waals surface area contributed by atoms with E-state index in [-0.39, 0.29) is 11.1 Å². The highest BCUT2D eigenvalue weighted by molar-refractivity contribution is 6.03. The number of hydrogen-bond acceptors (Lipinski definition) is 5. The lowest BCUT2D eigenvalue weighted by molar-refractivity contribution is -0.119. The number of carbonyl (C=O) groups is 2. The van der Waals surface area contributed by atoms with Crippen molar-refractivity contribution >= 4 is 28.5 Å². The molecule has 1 heterocycles. The van der Waals surface area contributed by atoms with Crippen LogP contribution >= 0.6 is 0 Å². The summed E-state index contributed by atoms with van der Waals surface area (Å²) in [7, 11) is 1.53. The Morgan fingerprint density at radius 3 is 2.61 bits per heavy atom. The van der Waals surface area contributed by atoms with E-state index in [1.807, 2.05) is 18.2 Å². The summed E-state index contributed by atoms with van der Waals surface area (Å²) in [4.78, 5) is 24.6. The van der Waals surface area contributed by atoms with Crippen molar-refractivity contribution in [2.24, 2.45) is 0 Å². The van der Waals surface area contributed by atoms with Crippen LogP contribution in [0.15, 0.2) is 42.5 Å². The van der Waals surface area contributed by atoms with Gasteiger partial charge in [0.1, 0.15) is 5.75 Å². The molecule has 0 fully saturated rings. The predicted molar refractivity (Wildman–Crippen MR) is 107 cm³/mol. The van der Waals surface area contributed by atoms with E-state index in [0.717, 1.165) is 11.1 Å². The Hall–Kier alpha value is -3.35. The highest BCUT2D eigenvalue weighted by Gasteiger charge is 2.19. The minimum Gasteiger partial charge on any atom is -0.495 e. The number of amides is 1. The van der Waals surface area contributed by atoms with Gasteiger partial charge in [0.15, 0.2) is 12.3 Å². The third-order valence-electron chi connectivity index (χ3n) is 4.34. The van der Waals surface area contributed by atoms with Gasteiger partial charge in [0.2, 0.25) is 0 Å². The van der Waals surface area contributed by atoms with E-state index >= 15 is 0 Å². The zero-order chi connectivity index (χ0) is 20.3. The van der Waals surface area contributed by atoms with E-state index in [9.17, 15) is 9.59 Å². The van der Waals surface area contributed by atoms with E-state index in [0.29, 0.717) is 16.8 Å². The van der Waals surface area contributed by atoms with Crippen LogP contribution in [0.25, 0.3) is 10.9 Å². The molecule has 0 aliphatic carbocycles. The molecule has 0 aliphatic rings. The zero-order valence-corrected chi connectivity index (χ0v) is 16.3. The van der Waals surface area contributed by atoms with Gasteiger partial charge in [-0.25, -0.2) is 4.79 Å². The first-order valence-electron chi connectivity index (χ1n) is 8.88. The lowest BCUT2D eigenvalue weighted by Crippen LogP contribution is -2.22. The number of benzene rings is 2. The molecular weight excluding hydrogens is 358 g/mol. The minimum atomic E-state index is -0.664. The maximum atomic E-state index is 12.3. The van der Waals surface area contributed by atoms with Gasteiger partial charge in [-0.1, -0.05) is 45.0 Å². The Morgan fingerprint density at radius 2 is 1.89 bits per heavy atom. The van der Waals surface area contributed by atoms with Gasteiger partial charge in [-0.05, 0) is 29.2 Å². The molecule has 1 amide bonds. The number of fused-ring (bicyclic) bond motifs is 1. The molecule has 0 saturated carbocycles. The highest BCUT2D eigenvalue weighted by atomic mass is 16.5. The standard InChI is InChI=1S/C21H23N3O4/c1-21(2,3)13-9-10-17(27-4)16(11-13)22-18(25)12-28-20(26)19-14-7-5-6-8-15(14)23-24-19/h5-11H,12H2,1-4H3,(H,22,25)(H,23,24). The van der Waals surface area contributed by atoms with Crippen molar-refractivity contribution in [3.8, 4) is 5.75 Å². The van der Waals surface area contributed by atoms with E-state index in [2.05, 4.69) is 36.3 Å². The molecule has 3 aromatic rings. The second-order valence-electron chi connectivity index (χ2n) is 7.41. The summed E-state index contributed by atoms with van der Waals surface area (Å²) in [6.45, 7) is 5.81. The number of aromatic nitrogens is 2. The number of methoxy groups -OCH3 is 1. The van der Waals surface area contributed by atoms with Crippen LogP contribution in [0.5, 0.6) is 5.75 Å². The topological polar surface area (TPSA) is 93.3 Å². The summed E-state index contributed by atoms with van der Waals surface area (Å²) in [6, 6.07) is 12.8. The van der Waals surface area contributed by atoms with Gasteiger partial charge in [-0.15, -0.1) is 0 Å². The van der Waals surface area contributed by atoms with Crippen LogP contribution in [0.3, 0.4) is 0 Å². The molecule has 146 valence electrons. The second-order valence-corrected chi connectivity index (χ2v) is 7.41. The lowest BCUT2D eigenvalue weighted by Gasteiger charge is -2.21. The first-order valence-corrected chi connectivity index (χ1v) is 8.88. The molecule has 0 bridgehead atoms. The van der Waals surface area contributed by atoms with Crippen molar-refractivity contribution in [1.82, 2.24) is 10.2 Å². The van der Waals surface area contributed by atoms with Crippen molar-refractivity contribution < 1.29 is 19.1 Å². The minimum absolute atomic E-state index is 0.0841. The summed E-state index contributed by atoms with van der Waals surface area (Å²) in [5.74, 6) is -0.591. The molecule has 7 heteroatoms. The number of hydrogen-bond donors (Lipinski definition) is 2. The normalized spacial score (nSPS) is 11.3. The fraction of sp³-hybridized carbons (Fsp3) is 0.286. The molecule has 28 heavy (non-hydrogen) atoms. The van der Waals surface area contributed by atoms with Gasteiger partial charge in [0, 0.05) is 5.39 Å². The number of esters is 1. The van der Waals surface area contributed by atoms with E-state index < -0.39 is 18.5 Å². The summed E-state index contributed by atoms with van der Waals surface area (Å²) in [6.07, 6.45) is 0. The first-order chi connectivity index (χ1) is 13.3. The largest absolute Gasteiger partial charge is 0.495 e. The number of ether oxygens (including phenoxy) is 2. The maximum Gasteiger partial charge on any atom is 0.359 e. The van der Waals surface area contributed by atoms with Crippen molar-refractivity contribution in [2.75, 3.05) is 19.0 Å². The van der Waals surface area contributed by atoms with Crippen LogP contribution in [0, 0.1) is 0 Å². The third kappa shape index (κ3) is 4.14. The van der Waals surface area contributed by atoms with Gasteiger partial charge in [-0.3, -0.25) is 9.89 Å². The quantitative estimate of drug-likeness (QED) is 0.658. The summed E-state index contributed by atoms with van der Waals surface area (Å²) < 4.78 is 10.4. The van der Waals surface area contributed by atoms with Gasteiger partial charge in [-0.2, -0.15) is 5.10 Å². The molecule has 0 radical (unpaired) electrons. The van der Waals surface area contributed by atoms with Gasteiger partial charge >= 0.3 is 5.97 Å². The van der Waals surface area contributed by atoms with E-state index in [1.165, 1.54) is 7.11 Å². The second kappa shape index (κ2) is 7.72. The number of carbonyl (C=O) groups excluding carboxylic acids is 2. The lowest BCUT2D eigenvalue weighted by atomic mass is 9.87. The molecule has 2 aromatic carbocycles. The molecular formula is C21H23N3O4. The van der Waals surface area contributed by atoms with Crippen LogP contribution in [-0.2, 0) is 14.9 Å². The van der Waals surface area contributed by atoms with Gasteiger partial charge < -0.3 is 14.8 Å². The van der Waals surface area contributed by atoms with E-state index in [1.54, 1.807) is 24.3 Å². The smallest absolute Gasteiger partial charge is 0.359 e. The van der Waals surface area contributed by atoms with Gasteiger partial charge in [0.25, 0.3) is 5.91 Å². The number of nitrogens with zero attached hydrogens (tertiary/aromatic N) is 1. The molecule has 7 nitrogen and oxygen atoms in total. The number of rotatable bonds is 5. The number of anilines is 1. The molecule has 0 saturated heterocycles. The monoisotopic (exact) mass is 381 g/mol. The van der Waals surface area contributed by atoms with Crippen LogP contribution in [0.4, 0.5) is 5.69 Å². The molecule has 2 N–H and O–H groups in total. The van der Waals surface area contributed by atoms with Crippen LogP contribution in [-0.4, -0.2) is 35.8 Å². The van der Waals surface area contributed by atoms with Crippen LogP contribution in [0.1, 0.15) is 36.8 Å². The van der Waals surface area contributed by atoms with Crippen molar-refractivity contribution in [3.05, 3.63) is 53.7 Å². The molecule has 0 aliphatic heterocycles.